The number of hydrogen-bond donors (Lipinski definition) is 2. The van der Waals surface area contributed by atoms with Crippen LogP contribution < -0.4 is 5.32 Å². The zero-order valence-corrected chi connectivity index (χ0v) is 7.58. The molecule has 0 aliphatic carbocycles. The van der Waals surface area contributed by atoms with Crippen molar-refractivity contribution in [3.8, 4) is 0 Å². The van der Waals surface area contributed by atoms with Crippen LogP contribution >= 0.6 is 0 Å². The molecule has 1 unspecified atom stereocenters. The van der Waals surface area contributed by atoms with E-state index in [-0.39, 0.29) is 18.6 Å². The SMILES string of the molecule is CC(C)N1CC(=O)NC(CO)C1. The van der Waals surface area contributed by atoms with Crippen molar-refractivity contribution in [3.63, 3.8) is 0 Å². The van der Waals surface area contributed by atoms with Crippen molar-refractivity contribution in [2.24, 2.45) is 0 Å². The Balaban J connectivity index is 2.51. The van der Waals surface area contributed by atoms with Crippen molar-refractivity contribution in [1.82, 2.24) is 10.2 Å². The number of rotatable bonds is 2. The molecular weight excluding hydrogens is 156 g/mol. The van der Waals surface area contributed by atoms with Gasteiger partial charge in [0.2, 0.25) is 5.91 Å². The van der Waals surface area contributed by atoms with Crippen LogP contribution in [-0.2, 0) is 4.79 Å². The maximum atomic E-state index is 11.1. The maximum absolute atomic E-state index is 11.1. The van der Waals surface area contributed by atoms with Gasteiger partial charge in [-0.25, -0.2) is 0 Å². The molecule has 0 aromatic heterocycles. The molecule has 1 aliphatic heterocycles. The number of aliphatic hydroxyl groups is 1. The molecule has 2 N–H and O–H groups in total. The second kappa shape index (κ2) is 3.87. The van der Waals surface area contributed by atoms with Crippen LogP contribution in [0.25, 0.3) is 0 Å². The van der Waals surface area contributed by atoms with Crippen LogP contribution in [-0.4, -0.2) is 47.7 Å². The van der Waals surface area contributed by atoms with Crippen LogP contribution in [0.5, 0.6) is 0 Å². The number of nitrogens with one attached hydrogen (secondary N) is 1. The van der Waals surface area contributed by atoms with Gasteiger partial charge in [0, 0.05) is 12.6 Å². The third kappa shape index (κ3) is 2.19. The van der Waals surface area contributed by atoms with Gasteiger partial charge in [0.1, 0.15) is 0 Å². The molecule has 1 rings (SSSR count). The molecule has 1 aliphatic rings. The van der Waals surface area contributed by atoms with Crippen molar-refractivity contribution in [3.05, 3.63) is 0 Å². The Morgan fingerprint density at radius 1 is 1.75 bits per heavy atom. The van der Waals surface area contributed by atoms with E-state index in [4.69, 9.17) is 5.11 Å². The number of carbonyl (C=O) groups is 1. The first-order valence-corrected chi connectivity index (χ1v) is 4.27. The zero-order chi connectivity index (χ0) is 9.14. The Morgan fingerprint density at radius 3 is 2.92 bits per heavy atom. The zero-order valence-electron chi connectivity index (χ0n) is 7.58. The van der Waals surface area contributed by atoms with E-state index in [0.29, 0.717) is 12.6 Å². The molecule has 0 bridgehead atoms. The summed E-state index contributed by atoms with van der Waals surface area (Å²) in [5.41, 5.74) is 0. The van der Waals surface area contributed by atoms with Crippen LogP contribution in [0.2, 0.25) is 0 Å². The third-order valence-electron chi connectivity index (χ3n) is 2.12. The Hall–Kier alpha value is -0.610. The molecule has 12 heavy (non-hydrogen) atoms. The predicted molar refractivity (Wildman–Crippen MR) is 45.7 cm³/mol. The highest BCUT2D eigenvalue weighted by Crippen LogP contribution is 2.04. The van der Waals surface area contributed by atoms with Crippen LogP contribution in [0, 0.1) is 0 Å². The van der Waals surface area contributed by atoms with E-state index < -0.39 is 0 Å². The van der Waals surface area contributed by atoms with Gasteiger partial charge in [0.05, 0.1) is 19.2 Å². The summed E-state index contributed by atoms with van der Waals surface area (Å²) < 4.78 is 0. The minimum Gasteiger partial charge on any atom is -0.394 e. The molecule has 0 spiro atoms. The van der Waals surface area contributed by atoms with Crippen LogP contribution in [0.4, 0.5) is 0 Å². The van der Waals surface area contributed by atoms with E-state index in [1.165, 1.54) is 0 Å². The summed E-state index contributed by atoms with van der Waals surface area (Å²) >= 11 is 0. The highest BCUT2D eigenvalue weighted by atomic mass is 16.3. The fourth-order valence-electron chi connectivity index (χ4n) is 1.35. The molecule has 0 aromatic carbocycles. The standard InChI is InChI=1S/C8H16N2O2/c1-6(2)10-3-7(5-11)9-8(12)4-10/h6-7,11H,3-5H2,1-2H3,(H,9,12). The molecule has 4 nitrogen and oxygen atoms in total. The number of hydrogen-bond acceptors (Lipinski definition) is 3. The molecule has 1 heterocycles. The Morgan fingerprint density at radius 2 is 2.42 bits per heavy atom. The second-order valence-corrected chi connectivity index (χ2v) is 3.47. The number of piperazine rings is 1. The van der Waals surface area contributed by atoms with Gasteiger partial charge in [-0.1, -0.05) is 0 Å². The van der Waals surface area contributed by atoms with Gasteiger partial charge in [0.25, 0.3) is 0 Å². The summed E-state index contributed by atoms with van der Waals surface area (Å²) in [5, 5.41) is 11.6. The normalized spacial score (nSPS) is 26.0. The maximum Gasteiger partial charge on any atom is 0.234 e. The lowest BCUT2D eigenvalue weighted by Gasteiger charge is -2.34. The highest BCUT2D eigenvalue weighted by Gasteiger charge is 2.25. The lowest BCUT2D eigenvalue weighted by molar-refractivity contribution is -0.126. The highest BCUT2D eigenvalue weighted by molar-refractivity contribution is 5.79. The van der Waals surface area contributed by atoms with Gasteiger partial charge in [-0.3, -0.25) is 9.69 Å². The van der Waals surface area contributed by atoms with Gasteiger partial charge in [-0.15, -0.1) is 0 Å². The summed E-state index contributed by atoms with van der Waals surface area (Å²) in [7, 11) is 0. The summed E-state index contributed by atoms with van der Waals surface area (Å²) in [5.74, 6) is 0.00833. The fourth-order valence-corrected chi connectivity index (χ4v) is 1.35. The van der Waals surface area contributed by atoms with Crippen molar-refractivity contribution < 1.29 is 9.90 Å². The minimum atomic E-state index is -0.0892. The summed E-state index contributed by atoms with van der Waals surface area (Å²) in [4.78, 5) is 13.1. The third-order valence-corrected chi connectivity index (χ3v) is 2.12. The quantitative estimate of drug-likeness (QED) is 0.572. The molecule has 1 fully saturated rings. The van der Waals surface area contributed by atoms with Crippen molar-refractivity contribution in [1.29, 1.82) is 0 Å². The van der Waals surface area contributed by atoms with E-state index in [1.54, 1.807) is 0 Å². The molecule has 0 saturated carbocycles. The largest absolute Gasteiger partial charge is 0.394 e. The summed E-state index contributed by atoms with van der Waals surface area (Å²) in [6.07, 6.45) is 0. The molecule has 1 atom stereocenters. The van der Waals surface area contributed by atoms with Crippen molar-refractivity contribution in [2.45, 2.75) is 25.9 Å². The monoisotopic (exact) mass is 172 g/mol. The predicted octanol–water partition coefficient (Wildman–Crippen LogP) is -0.812. The van der Waals surface area contributed by atoms with E-state index in [9.17, 15) is 4.79 Å². The Labute approximate surface area is 72.6 Å². The smallest absolute Gasteiger partial charge is 0.234 e. The van der Waals surface area contributed by atoms with Crippen LogP contribution in [0.1, 0.15) is 13.8 Å². The minimum absolute atomic E-state index is 0.00833. The van der Waals surface area contributed by atoms with E-state index in [0.717, 1.165) is 6.54 Å². The summed E-state index contributed by atoms with van der Waals surface area (Å²) in [6, 6.07) is 0.277. The first-order chi connectivity index (χ1) is 5.63. The second-order valence-electron chi connectivity index (χ2n) is 3.47. The van der Waals surface area contributed by atoms with Crippen molar-refractivity contribution >= 4 is 5.91 Å². The van der Waals surface area contributed by atoms with Gasteiger partial charge in [-0.2, -0.15) is 0 Å². The van der Waals surface area contributed by atoms with Gasteiger partial charge >= 0.3 is 0 Å². The molecule has 0 aromatic rings. The van der Waals surface area contributed by atoms with Gasteiger partial charge in [-0.05, 0) is 13.8 Å². The molecular formula is C8H16N2O2. The first kappa shape index (κ1) is 9.48. The van der Waals surface area contributed by atoms with E-state index in [2.05, 4.69) is 10.2 Å². The fraction of sp³-hybridized carbons (Fsp3) is 0.875. The number of carbonyl (C=O) groups excluding carboxylic acids is 1. The molecule has 1 saturated heterocycles. The van der Waals surface area contributed by atoms with Gasteiger partial charge < -0.3 is 10.4 Å². The van der Waals surface area contributed by atoms with Gasteiger partial charge in [0.15, 0.2) is 0 Å². The topological polar surface area (TPSA) is 52.6 Å². The molecule has 0 radical (unpaired) electrons. The van der Waals surface area contributed by atoms with Crippen LogP contribution in [0.15, 0.2) is 0 Å². The van der Waals surface area contributed by atoms with E-state index in [1.807, 2.05) is 13.8 Å². The average Bonchev–Trinajstić information content (AvgIpc) is 2.03. The number of amides is 1. The summed E-state index contributed by atoms with van der Waals surface area (Å²) in [6.45, 7) is 5.32. The number of aliphatic hydroxyl groups excluding tert-OH is 1. The Kier molecular flexibility index (Phi) is 3.05. The Bertz CT molecular complexity index is 170. The van der Waals surface area contributed by atoms with E-state index >= 15 is 0 Å². The molecule has 70 valence electrons. The van der Waals surface area contributed by atoms with Crippen molar-refractivity contribution in [2.75, 3.05) is 19.7 Å². The lowest BCUT2D eigenvalue weighted by atomic mass is 10.2. The van der Waals surface area contributed by atoms with Crippen LogP contribution in [0.3, 0.4) is 0 Å². The number of nitrogens with zero attached hydrogens (tertiary/aromatic N) is 1. The molecule has 4 heteroatoms. The molecule has 1 amide bonds. The average molecular weight is 172 g/mol. The lowest BCUT2D eigenvalue weighted by Crippen LogP contribution is -2.57. The first-order valence-electron chi connectivity index (χ1n) is 4.27.